The molecule has 0 aliphatic rings. The number of methoxy groups -OCH3 is 2. The second kappa shape index (κ2) is 7.07. The zero-order chi connectivity index (χ0) is 13.5. The topological polar surface area (TPSA) is 30.5 Å². The van der Waals surface area contributed by atoms with Crippen molar-refractivity contribution in [2.24, 2.45) is 0 Å². The van der Waals surface area contributed by atoms with Crippen LogP contribution in [0.25, 0.3) is 0 Å². The van der Waals surface area contributed by atoms with E-state index in [-0.39, 0.29) is 6.04 Å². The summed E-state index contributed by atoms with van der Waals surface area (Å²) in [5, 5.41) is 3.31. The van der Waals surface area contributed by atoms with E-state index in [0.717, 1.165) is 29.9 Å². The molecule has 18 heavy (non-hydrogen) atoms. The van der Waals surface area contributed by atoms with Crippen LogP contribution >= 0.6 is 0 Å². The number of ether oxygens (including phenoxy) is 2. The number of para-hydroxylation sites is 1. The highest BCUT2D eigenvalue weighted by Crippen LogP contribution is 2.36. The molecule has 1 atom stereocenters. The number of benzene rings is 1. The Bertz CT molecular complexity index is 401. The van der Waals surface area contributed by atoms with Crippen molar-refractivity contribution in [3.63, 3.8) is 0 Å². The van der Waals surface area contributed by atoms with Gasteiger partial charge in [0.25, 0.3) is 0 Å². The monoisotopic (exact) mass is 249 g/mol. The third-order valence-electron chi connectivity index (χ3n) is 3.15. The molecule has 0 aliphatic carbocycles. The lowest BCUT2D eigenvalue weighted by Gasteiger charge is -2.21. The SMILES string of the molecule is C=C(CC)CC(NC)c1cccc(OC)c1OC. The summed E-state index contributed by atoms with van der Waals surface area (Å²) in [5.74, 6) is 1.56. The predicted octanol–water partition coefficient (Wildman–Crippen LogP) is 3.32. The summed E-state index contributed by atoms with van der Waals surface area (Å²) in [6, 6.07) is 6.15. The molecule has 0 aliphatic heterocycles. The van der Waals surface area contributed by atoms with Crippen molar-refractivity contribution in [3.8, 4) is 11.5 Å². The van der Waals surface area contributed by atoms with Gasteiger partial charge in [-0.25, -0.2) is 0 Å². The highest BCUT2D eigenvalue weighted by molar-refractivity contribution is 5.48. The Kier molecular flexibility index (Phi) is 5.72. The van der Waals surface area contributed by atoms with Gasteiger partial charge in [-0.2, -0.15) is 0 Å². The summed E-state index contributed by atoms with van der Waals surface area (Å²) in [4.78, 5) is 0. The molecule has 1 rings (SSSR count). The number of nitrogens with one attached hydrogen (secondary N) is 1. The average Bonchev–Trinajstić information content (AvgIpc) is 2.43. The molecule has 0 radical (unpaired) electrons. The van der Waals surface area contributed by atoms with Crippen LogP contribution < -0.4 is 14.8 Å². The van der Waals surface area contributed by atoms with Gasteiger partial charge >= 0.3 is 0 Å². The zero-order valence-corrected chi connectivity index (χ0v) is 11.7. The molecule has 0 bridgehead atoms. The van der Waals surface area contributed by atoms with Crippen molar-refractivity contribution in [2.45, 2.75) is 25.8 Å². The van der Waals surface area contributed by atoms with Gasteiger partial charge in [-0.05, 0) is 26.0 Å². The lowest BCUT2D eigenvalue weighted by atomic mass is 9.97. The molecule has 1 unspecified atom stereocenters. The number of hydrogen-bond donors (Lipinski definition) is 1. The van der Waals surface area contributed by atoms with E-state index in [1.165, 1.54) is 5.57 Å². The molecule has 100 valence electrons. The van der Waals surface area contributed by atoms with Gasteiger partial charge in [0.2, 0.25) is 0 Å². The van der Waals surface area contributed by atoms with E-state index in [4.69, 9.17) is 9.47 Å². The molecule has 0 spiro atoms. The minimum absolute atomic E-state index is 0.197. The molecule has 3 nitrogen and oxygen atoms in total. The fourth-order valence-electron chi connectivity index (χ4n) is 1.99. The first-order valence-corrected chi connectivity index (χ1v) is 6.22. The molecule has 1 N–H and O–H groups in total. The quantitative estimate of drug-likeness (QED) is 0.752. The third kappa shape index (κ3) is 3.26. The van der Waals surface area contributed by atoms with Gasteiger partial charge in [0, 0.05) is 11.6 Å². The molecule has 0 heterocycles. The standard InChI is InChI=1S/C15H23NO2/c1-6-11(2)10-13(16-3)12-8-7-9-14(17-4)15(12)18-5/h7-9,13,16H,2,6,10H2,1,3-5H3. The Hall–Kier alpha value is -1.48. The zero-order valence-electron chi connectivity index (χ0n) is 11.7. The summed E-state index contributed by atoms with van der Waals surface area (Å²) in [6.45, 7) is 6.20. The minimum Gasteiger partial charge on any atom is -0.493 e. The van der Waals surface area contributed by atoms with Crippen molar-refractivity contribution >= 4 is 0 Å². The van der Waals surface area contributed by atoms with Crippen LogP contribution in [0.4, 0.5) is 0 Å². The maximum atomic E-state index is 5.47. The Morgan fingerprint density at radius 3 is 2.56 bits per heavy atom. The van der Waals surface area contributed by atoms with E-state index >= 15 is 0 Å². The lowest BCUT2D eigenvalue weighted by molar-refractivity contribution is 0.347. The van der Waals surface area contributed by atoms with E-state index in [1.807, 2.05) is 19.2 Å². The smallest absolute Gasteiger partial charge is 0.165 e. The van der Waals surface area contributed by atoms with E-state index in [9.17, 15) is 0 Å². The van der Waals surface area contributed by atoms with E-state index in [0.29, 0.717) is 0 Å². The second-order valence-electron chi connectivity index (χ2n) is 4.23. The third-order valence-corrected chi connectivity index (χ3v) is 3.15. The summed E-state index contributed by atoms with van der Waals surface area (Å²) in [7, 11) is 5.27. The largest absolute Gasteiger partial charge is 0.493 e. The van der Waals surface area contributed by atoms with Crippen molar-refractivity contribution in [1.29, 1.82) is 0 Å². The summed E-state index contributed by atoms with van der Waals surface area (Å²) >= 11 is 0. The van der Waals surface area contributed by atoms with Gasteiger partial charge in [0.1, 0.15) is 0 Å². The van der Waals surface area contributed by atoms with E-state index in [2.05, 4.69) is 24.9 Å². The Balaban J connectivity index is 3.08. The molecule has 3 heteroatoms. The molecule has 1 aromatic carbocycles. The molecule has 0 amide bonds. The van der Waals surface area contributed by atoms with Crippen LogP contribution in [-0.2, 0) is 0 Å². The molecule has 0 fully saturated rings. The van der Waals surface area contributed by atoms with Gasteiger partial charge in [0.15, 0.2) is 11.5 Å². The second-order valence-corrected chi connectivity index (χ2v) is 4.23. The molecule has 0 saturated heterocycles. The van der Waals surface area contributed by atoms with E-state index < -0.39 is 0 Å². The van der Waals surface area contributed by atoms with Crippen molar-refractivity contribution in [2.75, 3.05) is 21.3 Å². The van der Waals surface area contributed by atoms with Gasteiger partial charge in [-0.3, -0.25) is 0 Å². The lowest BCUT2D eigenvalue weighted by Crippen LogP contribution is -2.18. The van der Waals surface area contributed by atoms with Gasteiger partial charge in [-0.1, -0.05) is 31.2 Å². The van der Waals surface area contributed by atoms with Crippen molar-refractivity contribution in [1.82, 2.24) is 5.32 Å². The van der Waals surface area contributed by atoms with Crippen LogP contribution in [0.1, 0.15) is 31.4 Å². The number of hydrogen-bond acceptors (Lipinski definition) is 3. The maximum absolute atomic E-state index is 5.47. The fraction of sp³-hybridized carbons (Fsp3) is 0.467. The highest BCUT2D eigenvalue weighted by atomic mass is 16.5. The van der Waals surface area contributed by atoms with Crippen LogP contribution in [0.5, 0.6) is 11.5 Å². The van der Waals surface area contributed by atoms with Gasteiger partial charge in [-0.15, -0.1) is 0 Å². The molecular formula is C15H23NO2. The van der Waals surface area contributed by atoms with Crippen LogP contribution in [0, 0.1) is 0 Å². The normalized spacial score (nSPS) is 12.0. The van der Waals surface area contributed by atoms with Crippen molar-refractivity contribution in [3.05, 3.63) is 35.9 Å². The predicted molar refractivity (Wildman–Crippen MR) is 75.4 cm³/mol. The molecule has 1 aromatic rings. The van der Waals surface area contributed by atoms with Crippen LogP contribution in [0.2, 0.25) is 0 Å². The fourth-order valence-corrected chi connectivity index (χ4v) is 1.99. The Morgan fingerprint density at radius 2 is 2.06 bits per heavy atom. The average molecular weight is 249 g/mol. The highest BCUT2D eigenvalue weighted by Gasteiger charge is 2.18. The van der Waals surface area contributed by atoms with E-state index in [1.54, 1.807) is 14.2 Å². The van der Waals surface area contributed by atoms with Crippen molar-refractivity contribution < 1.29 is 9.47 Å². The molecular weight excluding hydrogens is 226 g/mol. The van der Waals surface area contributed by atoms with Crippen LogP contribution in [0.3, 0.4) is 0 Å². The van der Waals surface area contributed by atoms with Crippen LogP contribution in [0.15, 0.2) is 30.4 Å². The first kappa shape index (κ1) is 14.6. The Morgan fingerprint density at radius 1 is 1.33 bits per heavy atom. The summed E-state index contributed by atoms with van der Waals surface area (Å²) < 4.78 is 10.8. The maximum Gasteiger partial charge on any atom is 0.165 e. The van der Waals surface area contributed by atoms with Crippen LogP contribution in [-0.4, -0.2) is 21.3 Å². The molecule has 0 aromatic heterocycles. The minimum atomic E-state index is 0.197. The first-order chi connectivity index (χ1) is 8.67. The van der Waals surface area contributed by atoms with Gasteiger partial charge in [0.05, 0.1) is 14.2 Å². The Labute approximate surface area is 110 Å². The summed E-state index contributed by atoms with van der Waals surface area (Å²) in [5.41, 5.74) is 2.33. The molecule has 0 saturated carbocycles. The first-order valence-electron chi connectivity index (χ1n) is 6.22. The van der Waals surface area contributed by atoms with Gasteiger partial charge < -0.3 is 14.8 Å². The number of rotatable bonds is 7. The summed E-state index contributed by atoms with van der Waals surface area (Å²) in [6.07, 6.45) is 1.89.